The van der Waals surface area contributed by atoms with Crippen molar-refractivity contribution < 1.29 is 4.74 Å². The molecule has 0 aromatic heterocycles. The molecule has 78 valence electrons. The molecule has 2 radical (unpaired) electrons. The van der Waals surface area contributed by atoms with Crippen molar-refractivity contribution in [3.63, 3.8) is 0 Å². The molecule has 1 aliphatic heterocycles. The molecule has 0 spiro atoms. The van der Waals surface area contributed by atoms with Crippen LogP contribution in [-0.2, 0) is 4.74 Å². The lowest BCUT2D eigenvalue weighted by Crippen LogP contribution is -2.38. The molecule has 3 heteroatoms. The van der Waals surface area contributed by atoms with Gasteiger partial charge in [0.05, 0.1) is 12.2 Å². The summed E-state index contributed by atoms with van der Waals surface area (Å²) in [7, 11) is 5.72. The Balaban J connectivity index is 2.68. The predicted molar refractivity (Wildman–Crippen MR) is 64.6 cm³/mol. The van der Waals surface area contributed by atoms with E-state index in [4.69, 9.17) is 12.6 Å². The number of hydrogen-bond acceptors (Lipinski definition) is 2. The van der Waals surface area contributed by atoms with Gasteiger partial charge < -0.3 is 4.74 Å². The van der Waals surface area contributed by atoms with Crippen LogP contribution in [0.2, 0.25) is 0 Å². The molecule has 0 bridgehead atoms. The normalized spacial score (nSPS) is 32.1. The lowest BCUT2D eigenvalue weighted by atomic mass is 10.0. The molecule has 1 heterocycles. The van der Waals surface area contributed by atoms with Crippen LogP contribution in [0, 0.1) is 5.92 Å². The molecule has 1 rings (SSSR count). The monoisotopic (exact) mass is 201 g/mol. The molecule has 0 saturated carbocycles. The van der Waals surface area contributed by atoms with Crippen LogP contribution in [0.3, 0.4) is 0 Å². The molecule has 1 N–H and O–H groups in total. The highest BCUT2D eigenvalue weighted by molar-refractivity contribution is 6.10. The maximum atomic E-state index is 5.72. The molecule has 0 saturated heterocycles. The van der Waals surface area contributed by atoms with Crippen molar-refractivity contribution in [3.8, 4) is 0 Å². The van der Waals surface area contributed by atoms with Crippen LogP contribution in [0.1, 0.15) is 0 Å². The largest absolute Gasteiger partial charge is 0.362 e. The Morgan fingerprint density at radius 3 is 2.87 bits per heavy atom. The van der Waals surface area contributed by atoms with Gasteiger partial charge in [-0.15, -0.1) is 6.58 Å². The smallest absolute Gasteiger partial charge is 0.130 e. The highest BCUT2D eigenvalue weighted by Gasteiger charge is 2.12. The Hall–Kier alpha value is -1.06. The molecular weight excluding hydrogens is 185 g/mol. The van der Waals surface area contributed by atoms with Crippen molar-refractivity contribution in [1.82, 2.24) is 5.32 Å². The van der Waals surface area contributed by atoms with Crippen LogP contribution in [0.4, 0.5) is 0 Å². The first-order valence-corrected chi connectivity index (χ1v) is 5.01. The molecule has 0 amide bonds. The summed E-state index contributed by atoms with van der Waals surface area (Å²) in [5.41, 5.74) is 0. The fourth-order valence-corrected chi connectivity index (χ4v) is 1.29. The molecular formula is C12H16BNO. The minimum Gasteiger partial charge on any atom is -0.362 e. The van der Waals surface area contributed by atoms with E-state index >= 15 is 0 Å². The molecule has 1 aliphatic rings. The summed E-state index contributed by atoms with van der Waals surface area (Å²) in [5.74, 6) is 0.291. The molecule has 2 unspecified atom stereocenters. The second kappa shape index (κ2) is 6.43. The number of rotatable bonds is 3. The average Bonchev–Trinajstić information content (AvgIpc) is 2.22. The van der Waals surface area contributed by atoms with E-state index < -0.39 is 6.13 Å². The molecule has 2 nitrogen and oxygen atoms in total. The summed E-state index contributed by atoms with van der Waals surface area (Å²) < 4.78 is 5.50. The van der Waals surface area contributed by atoms with E-state index in [1.807, 2.05) is 24.3 Å². The maximum absolute atomic E-state index is 5.72. The quantitative estimate of drug-likeness (QED) is 0.424. The number of allylic oxidation sites excluding steroid dienone is 2. The summed E-state index contributed by atoms with van der Waals surface area (Å²) in [4.78, 5) is 0. The minimum atomic E-state index is -0.447. The van der Waals surface area contributed by atoms with Gasteiger partial charge in [-0.2, -0.15) is 0 Å². The Bertz CT molecular complexity index is 273. The molecule has 15 heavy (non-hydrogen) atoms. The first-order chi connectivity index (χ1) is 7.26. The fourth-order valence-electron chi connectivity index (χ4n) is 1.29. The van der Waals surface area contributed by atoms with Crippen LogP contribution < -0.4 is 5.32 Å². The third-order valence-corrected chi connectivity index (χ3v) is 2.15. The third-order valence-electron chi connectivity index (χ3n) is 2.15. The summed E-state index contributed by atoms with van der Waals surface area (Å²) in [6.45, 7) is 8.12. The SMILES string of the molecule is [B][C@@H]1NCC(C=C)C=CC(/C=C\C=C)O1. The zero-order chi connectivity index (χ0) is 11.1. The van der Waals surface area contributed by atoms with Gasteiger partial charge in [0.15, 0.2) is 0 Å². The van der Waals surface area contributed by atoms with E-state index in [1.54, 1.807) is 6.08 Å². The first-order valence-electron chi connectivity index (χ1n) is 5.01. The minimum absolute atomic E-state index is 0.117. The van der Waals surface area contributed by atoms with Gasteiger partial charge in [-0.1, -0.05) is 43.0 Å². The number of ether oxygens (including phenoxy) is 1. The van der Waals surface area contributed by atoms with E-state index in [1.165, 1.54) is 0 Å². The van der Waals surface area contributed by atoms with Crippen molar-refractivity contribution in [2.24, 2.45) is 5.92 Å². The Kier molecular flexibility index (Phi) is 5.15. The average molecular weight is 201 g/mol. The second-order valence-electron chi connectivity index (χ2n) is 3.33. The van der Waals surface area contributed by atoms with Gasteiger partial charge in [0.2, 0.25) is 0 Å². The standard InChI is InChI=1S/C12H16BNO/c1-3-5-6-11-8-7-10(4-2)9-14-12(13)15-11/h3-8,10-12,14H,1-2,9H2/b6-5-,8-7?/t10?,11?,12-/m1/s1. The first kappa shape index (κ1) is 12.0. The zero-order valence-electron chi connectivity index (χ0n) is 8.80. The van der Waals surface area contributed by atoms with Crippen LogP contribution in [0.15, 0.2) is 49.6 Å². The van der Waals surface area contributed by atoms with E-state index in [0.717, 1.165) is 6.54 Å². The van der Waals surface area contributed by atoms with Crippen LogP contribution >= 0.6 is 0 Å². The lowest BCUT2D eigenvalue weighted by Gasteiger charge is -2.24. The summed E-state index contributed by atoms with van der Waals surface area (Å²) >= 11 is 0. The molecule has 0 fully saturated rings. The molecule has 0 aliphatic carbocycles. The Morgan fingerprint density at radius 1 is 1.40 bits per heavy atom. The Morgan fingerprint density at radius 2 is 2.20 bits per heavy atom. The third kappa shape index (κ3) is 4.32. The van der Waals surface area contributed by atoms with Gasteiger partial charge >= 0.3 is 0 Å². The van der Waals surface area contributed by atoms with E-state index in [-0.39, 0.29) is 6.10 Å². The summed E-state index contributed by atoms with van der Waals surface area (Å²) in [6.07, 6.45) is 10.8. The summed E-state index contributed by atoms with van der Waals surface area (Å²) in [6, 6.07) is 0. The summed E-state index contributed by atoms with van der Waals surface area (Å²) in [5, 5.41) is 3.07. The van der Waals surface area contributed by atoms with Gasteiger partial charge in [-0.3, -0.25) is 5.32 Å². The van der Waals surface area contributed by atoms with Crippen molar-refractivity contribution in [3.05, 3.63) is 49.6 Å². The van der Waals surface area contributed by atoms with Gasteiger partial charge in [-0.05, 0) is 0 Å². The second-order valence-corrected chi connectivity index (χ2v) is 3.33. The van der Waals surface area contributed by atoms with E-state index in [2.05, 4.69) is 24.6 Å². The van der Waals surface area contributed by atoms with E-state index in [9.17, 15) is 0 Å². The lowest BCUT2D eigenvalue weighted by molar-refractivity contribution is 0.0637. The predicted octanol–water partition coefficient (Wildman–Crippen LogP) is 1.53. The maximum Gasteiger partial charge on any atom is 0.130 e. The Labute approximate surface area is 92.8 Å². The van der Waals surface area contributed by atoms with Crippen LogP contribution in [0.5, 0.6) is 0 Å². The molecule has 3 atom stereocenters. The van der Waals surface area contributed by atoms with Crippen LogP contribution in [0.25, 0.3) is 0 Å². The number of nitrogens with one attached hydrogen (secondary N) is 1. The van der Waals surface area contributed by atoms with E-state index in [0.29, 0.717) is 5.92 Å². The van der Waals surface area contributed by atoms with Crippen molar-refractivity contribution in [2.75, 3.05) is 6.54 Å². The van der Waals surface area contributed by atoms with Crippen molar-refractivity contribution in [2.45, 2.75) is 12.2 Å². The molecule has 0 aromatic carbocycles. The van der Waals surface area contributed by atoms with Crippen molar-refractivity contribution >= 4 is 7.85 Å². The highest BCUT2D eigenvalue weighted by atomic mass is 16.5. The number of hydrogen-bond donors (Lipinski definition) is 1. The van der Waals surface area contributed by atoms with Gasteiger partial charge in [0, 0.05) is 12.5 Å². The highest BCUT2D eigenvalue weighted by Crippen LogP contribution is 2.08. The fraction of sp³-hybridized carbons (Fsp3) is 0.333. The van der Waals surface area contributed by atoms with Crippen LogP contribution in [-0.4, -0.2) is 26.6 Å². The van der Waals surface area contributed by atoms with Gasteiger partial charge in [-0.25, -0.2) is 0 Å². The van der Waals surface area contributed by atoms with Gasteiger partial charge in [0.25, 0.3) is 0 Å². The van der Waals surface area contributed by atoms with Gasteiger partial charge in [0.1, 0.15) is 7.85 Å². The molecule has 0 aromatic rings. The topological polar surface area (TPSA) is 21.3 Å². The zero-order valence-corrected chi connectivity index (χ0v) is 8.80. The van der Waals surface area contributed by atoms with Crippen molar-refractivity contribution in [1.29, 1.82) is 0 Å².